The first-order chi connectivity index (χ1) is 10.2. The predicted molar refractivity (Wildman–Crippen MR) is 88.2 cm³/mol. The summed E-state index contributed by atoms with van der Waals surface area (Å²) >= 11 is 0. The van der Waals surface area contributed by atoms with Gasteiger partial charge < -0.3 is 0 Å². The summed E-state index contributed by atoms with van der Waals surface area (Å²) in [6.07, 6.45) is 7.99. The number of hydrogen-bond acceptors (Lipinski definition) is 2. The van der Waals surface area contributed by atoms with Gasteiger partial charge in [-0.25, -0.2) is 4.98 Å². The van der Waals surface area contributed by atoms with Gasteiger partial charge in [-0.05, 0) is 56.2 Å². The minimum Gasteiger partial charge on any atom is -0.296 e. The molecule has 0 unspecified atom stereocenters. The molecule has 0 amide bonds. The zero-order valence-corrected chi connectivity index (χ0v) is 12.3. The molecule has 0 aliphatic carbocycles. The summed E-state index contributed by atoms with van der Waals surface area (Å²) in [6.45, 7) is 7.86. The Balaban J connectivity index is 2.32. The zero-order chi connectivity index (χ0) is 14.6. The highest BCUT2D eigenvalue weighted by atomic mass is 15.0. The second-order valence-electron chi connectivity index (χ2n) is 5.71. The fourth-order valence-corrected chi connectivity index (χ4v) is 3.52. The summed E-state index contributed by atoms with van der Waals surface area (Å²) < 4.78 is 2.34. The van der Waals surface area contributed by atoms with Crippen molar-refractivity contribution in [2.24, 2.45) is 4.99 Å². The number of rotatable bonds is 2. The van der Waals surface area contributed by atoms with Crippen molar-refractivity contribution in [1.29, 1.82) is 0 Å². The Labute approximate surface area is 123 Å². The molecule has 0 bridgehead atoms. The highest BCUT2D eigenvalue weighted by molar-refractivity contribution is 5.97. The normalized spacial score (nSPS) is 13.8. The van der Waals surface area contributed by atoms with Crippen LogP contribution in [0.2, 0.25) is 0 Å². The first-order valence-electron chi connectivity index (χ1n) is 7.26. The number of hydrogen-bond donors (Lipinski definition) is 0. The summed E-state index contributed by atoms with van der Waals surface area (Å²) in [5.74, 6) is 0. The standard InChI is InChI=1S/C18H17N3/c1-11-4-5-13-6-7-14-10-20-18-12(2)15(8-9-19-3)16(11)17(13)21(14)18/h4-5,8-10H,3,6-7H2,1-2H3. The van der Waals surface area contributed by atoms with Crippen molar-refractivity contribution in [2.75, 3.05) is 0 Å². The molecule has 0 saturated carbocycles. The van der Waals surface area contributed by atoms with Crippen LogP contribution in [0.4, 0.5) is 0 Å². The van der Waals surface area contributed by atoms with Crippen LogP contribution in [-0.4, -0.2) is 16.1 Å². The Hall–Kier alpha value is -2.42. The molecule has 21 heavy (non-hydrogen) atoms. The molecule has 0 N–H and O–H groups in total. The van der Waals surface area contributed by atoms with Crippen LogP contribution in [-0.2, 0) is 12.8 Å². The van der Waals surface area contributed by atoms with Crippen LogP contribution in [0.3, 0.4) is 0 Å². The SMILES string of the molecule is C=NC=Cc1c(C)c2ncc3n2c2c(ccc(C)c12)CC3. The molecule has 0 saturated heterocycles. The maximum absolute atomic E-state index is 4.65. The minimum absolute atomic E-state index is 1.06. The summed E-state index contributed by atoms with van der Waals surface area (Å²) in [5.41, 5.74) is 8.81. The molecule has 2 aromatic heterocycles. The quantitative estimate of drug-likeness (QED) is 0.653. The molecule has 3 nitrogen and oxygen atoms in total. The van der Waals surface area contributed by atoms with Crippen molar-refractivity contribution in [2.45, 2.75) is 26.7 Å². The minimum atomic E-state index is 1.06. The molecule has 1 aliphatic heterocycles. The van der Waals surface area contributed by atoms with E-state index in [-0.39, 0.29) is 0 Å². The van der Waals surface area contributed by atoms with Gasteiger partial charge >= 0.3 is 0 Å². The van der Waals surface area contributed by atoms with Crippen LogP contribution in [0.1, 0.15) is 27.9 Å². The van der Waals surface area contributed by atoms with Gasteiger partial charge in [0.15, 0.2) is 0 Å². The van der Waals surface area contributed by atoms with E-state index in [1.807, 2.05) is 6.20 Å². The fourth-order valence-electron chi connectivity index (χ4n) is 3.52. The zero-order valence-electron chi connectivity index (χ0n) is 12.3. The van der Waals surface area contributed by atoms with Crippen LogP contribution in [0.5, 0.6) is 0 Å². The molecule has 0 fully saturated rings. The van der Waals surface area contributed by atoms with E-state index in [1.165, 1.54) is 38.9 Å². The lowest BCUT2D eigenvalue weighted by Gasteiger charge is -2.20. The molecule has 0 radical (unpaired) electrons. The largest absolute Gasteiger partial charge is 0.296 e. The molecule has 4 rings (SSSR count). The molecule has 3 heteroatoms. The van der Waals surface area contributed by atoms with E-state index in [0.717, 1.165) is 18.5 Å². The lowest BCUT2D eigenvalue weighted by atomic mass is 9.93. The Morgan fingerprint density at radius 1 is 1.29 bits per heavy atom. The summed E-state index contributed by atoms with van der Waals surface area (Å²) in [7, 11) is 0. The maximum atomic E-state index is 4.65. The van der Waals surface area contributed by atoms with Gasteiger partial charge in [0, 0.05) is 29.0 Å². The van der Waals surface area contributed by atoms with Crippen molar-refractivity contribution >= 4 is 29.3 Å². The summed E-state index contributed by atoms with van der Waals surface area (Å²) in [5, 5.41) is 1.32. The first-order valence-corrected chi connectivity index (χ1v) is 7.26. The van der Waals surface area contributed by atoms with Crippen molar-refractivity contribution in [1.82, 2.24) is 9.38 Å². The van der Waals surface area contributed by atoms with Gasteiger partial charge in [-0.2, -0.15) is 0 Å². The van der Waals surface area contributed by atoms with E-state index in [1.54, 1.807) is 6.20 Å². The summed E-state index contributed by atoms with van der Waals surface area (Å²) in [4.78, 5) is 8.53. The van der Waals surface area contributed by atoms with Gasteiger partial charge in [0.1, 0.15) is 5.65 Å². The molecule has 1 aliphatic rings. The second-order valence-corrected chi connectivity index (χ2v) is 5.71. The van der Waals surface area contributed by atoms with Crippen LogP contribution in [0.25, 0.3) is 22.6 Å². The van der Waals surface area contributed by atoms with Gasteiger partial charge in [-0.3, -0.25) is 9.39 Å². The highest BCUT2D eigenvalue weighted by Gasteiger charge is 2.21. The average molecular weight is 275 g/mol. The summed E-state index contributed by atoms with van der Waals surface area (Å²) in [6, 6.07) is 4.48. The van der Waals surface area contributed by atoms with Gasteiger partial charge in [0.25, 0.3) is 0 Å². The Bertz CT molecular complexity index is 929. The van der Waals surface area contributed by atoms with Gasteiger partial charge in [-0.15, -0.1) is 0 Å². The number of aryl methyl sites for hydroxylation is 4. The molecule has 1 aromatic carbocycles. The van der Waals surface area contributed by atoms with Crippen LogP contribution < -0.4 is 0 Å². The third-order valence-corrected chi connectivity index (χ3v) is 4.53. The van der Waals surface area contributed by atoms with Crippen molar-refractivity contribution in [3.05, 3.63) is 52.5 Å². The van der Waals surface area contributed by atoms with Crippen LogP contribution >= 0.6 is 0 Å². The first kappa shape index (κ1) is 12.3. The van der Waals surface area contributed by atoms with Crippen LogP contribution in [0, 0.1) is 13.8 Å². The second kappa shape index (κ2) is 4.29. The number of nitrogens with zero attached hydrogens (tertiary/aromatic N) is 3. The highest BCUT2D eigenvalue weighted by Crippen LogP contribution is 2.35. The van der Waals surface area contributed by atoms with Gasteiger partial charge in [-0.1, -0.05) is 12.1 Å². The average Bonchev–Trinajstić information content (AvgIpc) is 2.93. The predicted octanol–water partition coefficient (Wildman–Crippen LogP) is 3.87. The molecule has 3 aromatic rings. The Morgan fingerprint density at radius 2 is 2.14 bits per heavy atom. The number of aliphatic imine (C=N–C) groups is 1. The van der Waals surface area contributed by atoms with E-state index >= 15 is 0 Å². The van der Waals surface area contributed by atoms with E-state index in [4.69, 9.17) is 0 Å². The fraction of sp³-hybridized carbons (Fsp3) is 0.222. The van der Waals surface area contributed by atoms with E-state index in [2.05, 4.69) is 53.2 Å². The third kappa shape index (κ3) is 1.54. The van der Waals surface area contributed by atoms with E-state index in [0.29, 0.717) is 0 Å². The van der Waals surface area contributed by atoms with Gasteiger partial charge in [0.05, 0.1) is 5.52 Å². The smallest absolute Gasteiger partial charge is 0.140 e. The maximum Gasteiger partial charge on any atom is 0.140 e. The lowest BCUT2D eigenvalue weighted by Crippen LogP contribution is -2.09. The lowest BCUT2D eigenvalue weighted by molar-refractivity contribution is 0.873. The molecular formula is C18H17N3. The number of benzene rings is 1. The third-order valence-electron chi connectivity index (χ3n) is 4.53. The number of imidazole rings is 1. The van der Waals surface area contributed by atoms with Crippen molar-refractivity contribution < 1.29 is 0 Å². The molecule has 104 valence electrons. The number of pyridine rings is 1. The van der Waals surface area contributed by atoms with Crippen LogP contribution in [0.15, 0.2) is 29.5 Å². The molecular weight excluding hydrogens is 258 g/mol. The Morgan fingerprint density at radius 3 is 2.95 bits per heavy atom. The molecule has 0 spiro atoms. The van der Waals surface area contributed by atoms with E-state index < -0.39 is 0 Å². The molecule has 3 heterocycles. The monoisotopic (exact) mass is 275 g/mol. The van der Waals surface area contributed by atoms with Crippen molar-refractivity contribution in [3.63, 3.8) is 0 Å². The Kier molecular flexibility index (Phi) is 2.52. The van der Waals surface area contributed by atoms with E-state index in [9.17, 15) is 0 Å². The van der Waals surface area contributed by atoms with Gasteiger partial charge in [0.2, 0.25) is 0 Å². The van der Waals surface area contributed by atoms with Crippen molar-refractivity contribution in [3.8, 4) is 0 Å². The topological polar surface area (TPSA) is 29.7 Å². The number of aromatic nitrogens is 2. The molecule has 0 atom stereocenters.